The molecule has 2 N–H and O–H groups in total. The number of aromatic nitrogens is 1. The summed E-state index contributed by atoms with van der Waals surface area (Å²) in [6.45, 7) is 0. The monoisotopic (exact) mass is 180 g/mol. The van der Waals surface area contributed by atoms with Crippen molar-refractivity contribution < 1.29 is 16.8 Å². The highest BCUT2D eigenvalue weighted by Gasteiger charge is 2.05. The lowest BCUT2D eigenvalue weighted by Crippen LogP contribution is -1.98. The van der Waals surface area contributed by atoms with Crippen LogP contribution < -0.4 is 0 Å². The maximum Gasteiger partial charge on any atom is 0.307 e. The van der Waals surface area contributed by atoms with Crippen LogP contribution in [0.4, 0.5) is 0 Å². The molecule has 0 spiro atoms. The van der Waals surface area contributed by atoms with Gasteiger partial charge in [-0.2, -0.15) is 0 Å². The molecule has 13 heavy (non-hydrogen) atoms. The molecule has 1 heterocycles. The molecule has 0 aliphatic rings. The first-order chi connectivity index (χ1) is 8.34. The molecular weight excluding hydrogens is 166 g/mol. The Morgan fingerprint density at radius 1 is 1.54 bits per heavy atom. The van der Waals surface area contributed by atoms with E-state index in [2.05, 4.69) is 4.98 Å². The molecule has 1 aromatic carbocycles. The topological polar surface area (TPSA) is 53.1 Å². The summed E-state index contributed by atoms with van der Waals surface area (Å²) < 4.78 is 38.1. The van der Waals surface area contributed by atoms with Crippen molar-refractivity contribution in [3.63, 3.8) is 0 Å². The van der Waals surface area contributed by atoms with Crippen LogP contribution in [0.1, 0.15) is 12.4 Å². The van der Waals surface area contributed by atoms with Crippen LogP contribution in [0.2, 0.25) is 0 Å². The minimum absolute atomic E-state index is 0.0715. The zero-order valence-corrected chi connectivity index (χ0v) is 6.56. The Hall–Kier alpha value is -1.77. The number of hydrogen-bond acceptors (Lipinski definition) is 1. The van der Waals surface area contributed by atoms with Crippen LogP contribution >= 0.6 is 0 Å². The number of para-hydroxylation sites is 1. The minimum Gasteiger partial charge on any atom is -0.481 e. The van der Waals surface area contributed by atoms with Gasteiger partial charge >= 0.3 is 5.97 Å². The second kappa shape index (κ2) is 2.94. The summed E-state index contributed by atoms with van der Waals surface area (Å²) in [6, 6.07) is -1.46. The molecule has 0 saturated heterocycles. The van der Waals surface area contributed by atoms with Gasteiger partial charge in [0.1, 0.15) is 0 Å². The van der Waals surface area contributed by atoms with Crippen LogP contribution in [0.5, 0.6) is 0 Å². The van der Waals surface area contributed by atoms with Crippen LogP contribution in [0, 0.1) is 0 Å². The van der Waals surface area contributed by atoms with Crippen molar-refractivity contribution in [3.05, 3.63) is 35.9 Å². The van der Waals surface area contributed by atoms with Crippen LogP contribution in [0.3, 0.4) is 0 Å². The van der Waals surface area contributed by atoms with Gasteiger partial charge in [-0.25, -0.2) is 0 Å². The van der Waals surface area contributed by atoms with E-state index >= 15 is 0 Å². The molecule has 66 valence electrons. The Kier molecular flexibility index (Phi) is 0.894. The number of rotatable bonds is 2. The van der Waals surface area contributed by atoms with Crippen molar-refractivity contribution in [1.29, 1.82) is 0 Å². The molecule has 0 atom stereocenters. The average Bonchev–Trinajstić information content (AvgIpc) is 2.61. The lowest BCUT2D eigenvalue weighted by atomic mass is 10.1. The molecule has 2 aromatic rings. The SMILES string of the molecule is [2H]c1[nH]c2c([2H])c([2H])c([2H])c([2H])c2c1CC(=O)O. The van der Waals surface area contributed by atoms with Crippen molar-refractivity contribution >= 4 is 16.9 Å². The number of fused-ring (bicyclic) bond motifs is 1. The Bertz CT molecular complexity index is 664. The Balaban J connectivity index is 2.89. The molecular formula is C10H9NO2. The molecule has 3 nitrogen and oxygen atoms in total. The summed E-state index contributed by atoms with van der Waals surface area (Å²) in [5.74, 6) is -1.16. The second-order valence-corrected chi connectivity index (χ2v) is 2.55. The standard InChI is InChI=1S/C10H9NO2/c12-10(13)5-7-6-11-9-4-2-1-3-8(7)9/h1-4,6,11H,5H2,(H,12,13)/i1D,2D,3D,4D,6D. The van der Waals surface area contributed by atoms with Crippen molar-refractivity contribution in [3.8, 4) is 0 Å². The number of hydrogen-bond donors (Lipinski definition) is 2. The van der Waals surface area contributed by atoms with Gasteiger partial charge in [-0.1, -0.05) is 18.1 Å². The van der Waals surface area contributed by atoms with Crippen molar-refractivity contribution in [2.24, 2.45) is 0 Å². The van der Waals surface area contributed by atoms with Gasteiger partial charge < -0.3 is 10.1 Å². The minimum atomic E-state index is -1.16. The highest BCUT2D eigenvalue weighted by molar-refractivity contribution is 5.86. The van der Waals surface area contributed by atoms with E-state index in [0.29, 0.717) is 0 Å². The van der Waals surface area contributed by atoms with E-state index in [4.69, 9.17) is 12.0 Å². The quantitative estimate of drug-likeness (QED) is 0.740. The third kappa shape index (κ3) is 1.40. The molecule has 1 aromatic heterocycles. The highest BCUT2D eigenvalue weighted by Crippen LogP contribution is 2.17. The summed E-state index contributed by atoms with van der Waals surface area (Å²) in [4.78, 5) is 13.2. The van der Waals surface area contributed by atoms with Gasteiger partial charge in [-0.05, 0) is 11.6 Å². The molecule has 2 rings (SSSR count). The largest absolute Gasteiger partial charge is 0.481 e. The lowest BCUT2D eigenvalue weighted by molar-refractivity contribution is -0.136. The summed E-state index contributed by atoms with van der Waals surface area (Å²) >= 11 is 0. The summed E-state index contributed by atoms with van der Waals surface area (Å²) in [5, 5.41) is 8.84. The first kappa shape index (κ1) is 3.96. The van der Waals surface area contributed by atoms with Gasteiger partial charge in [0.25, 0.3) is 0 Å². The third-order valence-electron chi connectivity index (χ3n) is 1.66. The predicted molar refractivity (Wildman–Crippen MR) is 49.6 cm³/mol. The van der Waals surface area contributed by atoms with Crippen molar-refractivity contribution in [2.45, 2.75) is 6.42 Å². The first-order valence-electron chi connectivity index (χ1n) is 6.13. The Morgan fingerprint density at radius 2 is 2.31 bits per heavy atom. The van der Waals surface area contributed by atoms with Gasteiger partial charge in [-0.15, -0.1) is 0 Å². The fourth-order valence-corrected chi connectivity index (χ4v) is 1.12. The average molecular weight is 180 g/mol. The molecule has 0 aliphatic carbocycles. The number of carboxylic acid groups (broad SMARTS) is 1. The van der Waals surface area contributed by atoms with Crippen LogP contribution in [-0.4, -0.2) is 16.1 Å². The predicted octanol–water partition coefficient (Wildman–Crippen LogP) is 1.79. The van der Waals surface area contributed by atoms with E-state index in [1.807, 2.05) is 0 Å². The van der Waals surface area contributed by atoms with Crippen molar-refractivity contribution in [1.82, 2.24) is 4.98 Å². The van der Waals surface area contributed by atoms with Gasteiger partial charge in [0.2, 0.25) is 0 Å². The maximum atomic E-state index is 10.7. The van der Waals surface area contributed by atoms with Crippen LogP contribution in [0.25, 0.3) is 10.9 Å². The lowest BCUT2D eigenvalue weighted by Gasteiger charge is -1.92. The highest BCUT2D eigenvalue weighted by atomic mass is 16.4. The van der Waals surface area contributed by atoms with E-state index in [-0.39, 0.29) is 34.7 Å². The molecule has 0 unspecified atom stereocenters. The zero-order chi connectivity index (χ0) is 13.6. The van der Waals surface area contributed by atoms with Crippen LogP contribution in [0.15, 0.2) is 30.3 Å². The van der Waals surface area contributed by atoms with Gasteiger partial charge in [0.05, 0.1) is 13.3 Å². The van der Waals surface area contributed by atoms with E-state index in [0.717, 1.165) is 0 Å². The van der Waals surface area contributed by atoms with Gasteiger partial charge in [-0.3, -0.25) is 4.79 Å². The smallest absolute Gasteiger partial charge is 0.307 e. The fourth-order valence-electron chi connectivity index (χ4n) is 1.12. The number of aromatic amines is 1. The Morgan fingerprint density at radius 3 is 3.08 bits per heavy atom. The number of carboxylic acids is 1. The molecule has 0 radical (unpaired) electrons. The fraction of sp³-hybridized carbons (Fsp3) is 0.100. The van der Waals surface area contributed by atoms with Gasteiger partial charge in [0.15, 0.2) is 0 Å². The first-order valence-corrected chi connectivity index (χ1v) is 3.63. The molecule has 0 aliphatic heterocycles. The zero-order valence-electron chi connectivity index (χ0n) is 11.6. The summed E-state index contributed by atoms with van der Waals surface area (Å²) in [7, 11) is 0. The molecule has 0 bridgehead atoms. The number of H-pyrrole nitrogens is 1. The number of carbonyl (C=O) groups is 1. The normalized spacial score (nSPS) is 15.8. The second-order valence-electron chi connectivity index (χ2n) is 2.55. The van der Waals surface area contributed by atoms with E-state index in [1.165, 1.54) is 0 Å². The molecule has 3 heteroatoms. The van der Waals surface area contributed by atoms with E-state index in [9.17, 15) is 4.79 Å². The number of nitrogens with one attached hydrogen (secondary N) is 1. The number of aliphatic carboxylic acids is 1. The van der Waals surface area contributed by atoms with E-state index < -0.39 is 24.5 Å². The summed E-state index contributed by atoms with van der Waals surface area (Å²) in [5.41, 5.74) is 0.145. The number of benzene rings is 1. The van der Waals surface area contributed by atoms with Gasteiger partial charge in [0, 0.05) is 17.1 Å². The van der Waals surface area contributed by atoms with Crippen molar-refractivity contribution in [2.75, 3.05) is 0 Å². The maximum absolute atomic E-state index is 10.7. The molecule has 0 fully saturated rings. The summed E-state index contributed by atoms with van der Waals surface area (Å²) in [6.07, 6.45) is -0.652. The van der Waals surface area contributed by atoms with Crippen LogP contribution in [-0.2, 0) is 11.2 Å². The third-order valence-corrected chi connectivity index (χ3v) is 1.66. The molecule has 0 amide bonds. The molecule has 0 saturated carbocycles. The Labute approximate surface area is 82.0 Å². The van der Waals surface area contributed by atoms with E-state index in [1.54, 1.807) is 0 Å².